The van der Waals surface area contributed by atoms with Gasteiger partial charge in [-0.15, -0.1) is 0 Å². The van der Waals surface area contributed by atoms with Crippen molar-refractivity contribution in [3.8, 4) is 0 Å². The molecular weight excluding hydrogens is 319 g/mol. The number of sulfonamides is 1. The topological polar surface area (TPSA) is 49.9 Å². The Morgan fingerprint density at radius 3 is 2.61 bits per heavy atom. The third-order valence-electron chi connectivity index (χ3n) is 4.73. The number of rotatable bonds is 6. The van der Waals surface area contributed by atoms with Gasteiger partial charge < -0.3 is 9.64 Å². The van der Waals surface area contributed by atoms with E-state index in [0.29, 0.717) is 13.2 Å². The molecule has 2 bridgehead atoms. The number of fused-ring (bicyclic) bond motifs is 2. The summed E-state index contributed by atoms with van der Waals surface area (Å²) in [6, 6.07) is 4.94. The zero-order valence-electron chi connectivity index (χ0n) is 13.5. The van der Waals surface area contributed by atoms with Crippen LogP contribution < -0.4 is 0 Å². The number of hydrogen-bond acceptors (Lipinski definition) is 4. The largest absolute Gasteiger partial charge is 0.375 e. The number of benzene rings is 1. The molecule has 3 rings (SSSR count). The van der Waals surface area contributed by atoms with Crippen LogP contribution >= 0.6 is 0 Å². The third kappa shape index (κ3) is 3.28. The van der Waals surface area contributed by atoms with Crippen molar-refractivity contribution < 1.29 is 17.5 Å². The van der Waals surface area contributed by atoms with Crippen molar-refractivity contribution in [2.24, 2.45) is 5.92 Å². The first-order chi connectivity index (χ1) is 10.9. The quantitative estimate of drug-likeness (QED) is 0.787. The standard InChI is InChI=1S/C16H23FN2O3S/c1-18(2)9-10-22-16-12-3-8-15(16)19(11-12)23(20,21)14-6-4-13(17)5-7-14/h4-7,12,15-16H,3,8-11H2,1-2H3/t12-,15+,16-/m0/s1. The number of piperidine rings is 1. The lowest BCUT2D eigenvalue weighted by Crippen LogP contribution is -2.40. The van der Waals surface area contributed by atoms with Crippen LogP contribution in [-0.2, 0) is 14.8 Å². The molecule has 3 atom stereocenters. The minimum absolute atomic E-state index is 0.0230. The molecule has 1 aromatic carbocycles. The van der Waals surface area contributed by atoms with Gasteiger partial charge in [-0.1, -0.05) is 0 Å². The molecule has 23 heavy (non-hydrogen) atoms. The Morgan fingerprint density at radius 1 is 1.26 bits per heavy atom. The van der Waals surface area contributed by atoms with E-state index < -0.39 is 15.8 Å². The molecule has 0 unspecified atom stereocenters. The predicted octanol–water partition coefficient (Wildman–Crippen LogP) is 1.56. The predicted molar refractivity (Wildman–Crippen MR) is 85.1 cm³/mol. The molecule has 2 fully saturated rings. The lowest BCUT2D eigenvalue weighted by atomic mass is 10.1. The van der Waals surface area contributed by atoms with Gasteiger partial charge in [0.15, 0.2) is 0 Å². The van der Waals surface area contributed by atoms with Gasteiger partial charge in [0.05, 0.1) is 23.6 Å². The number of likely N-dealkylation sites (N-methyl/N-ethyl adjacent to an activating group) is 1. The van der Waals surface area contributed by atoms with Gasteiger partial charge in [-0.2, -0.15) is 4.31 Å². The van der Waals surface area contributed by atoms with Crippen molar-refractivity contribution in [1.29, 1.82) is 0 Å². The summed E-state index contributed by atoms with van der Waals surface area (Å²) in [4.78, 5) is 2.20. The molecule has 2 aliphatic rings. The highest BCUT2D eigenvalue weighted by molar-refractivity contribution is 7.89. The Labute approximate surface area is 137 Å². The summed E-state index contributed by atoms with van der Waals surface area (Å²) in [5, 5.41) is 0. The summed E-state index contributed by atoms with van der Waals surface area (Å²) in [7, 11) is 0.384. The van der Waals surface area contributed by atoms with E-state index in [-0.39, 0.29) is 23.0 Å². The van der Waals surface area contributed by atoms with Gasteiger partial charge in [-0.25, -0.2) is 12.8 Å². The van der Waals surface area contributed by atoms with Gasteiger partial charge in [-0.3, -0.25) is 0 Å². The Bertz CT molecular complexity index is 648. The van der Waals surface area contributed by atoms with Crippen LogP contribution in [0, 0.1) is 11.7 Å². The molecule has 5 nitrogen and oxygen atoms in total. The van der Waals surface area contributed by atoms with Crippen LogP contribution in [0.2, 0.25) is 0 Å². The van der Waals surface area contributed by atoms with Crippen molar-refractivity contribution in [3.05, 3.63) is 30.1 Å². The molecule has 0 amide bonds. The second kappa shape index (κ2) is 6.47. The van der Waals surface area contributed by atoms with Gasteiger partial charge in [0, 0.05) is 19.0 Å². The minimum atomic E-state index is -3.58. The van der Waals surface area contributed by atoms with E-state index in [1.54, 1.807) is 4.31 Å². The molecule has 1 aliphatic heterocycles. The normalized spacial score (nSPS) is 27.9. The maximum absolute atomic E-state index is 13.0. The average molecular weight is 342 g/mol. The van der Waals surface area contributed by atoms with Gasteiger partial charge in [0.25, 0.3) is 0 Å². The van der Waals surface area contributed by atoms with Crippen molar-refractivity contribution >= 4 is 10.0 Å². The second-order valence-corrected chi connectivity index (χ2v) is 8.46. The first-order valence-corrected chi connectivity index (χ1v) is 9.37. The Hall–Kier alpha value is -1.02. The zero-order valence-corrected chi connectivity index (χ0v) is 14.3. The molecule has 1 aromatic rings. The van der Waals surface area contributed by atoms with E-state index in [1.807, 2.05) is 19.0 Å². The summed E-state index contributed by atoms with van der Waals surface area (Å²) in [5.74, 6) is -0.172. The number of nitrogens with zero attached hydrogens (tertiary/aromatic N) is 2. The number of hydrogen-bond donors (Lipinski definition) is 0. The number of ether oxygens (including phenoxy) is 1. The summed E-state index contributed by atoms with van der Waals surface area (Å²) in [5.41, 5.74) is 0. The molecule has 1 saturated heterocycles. The van der Waals surface area contributed by atoms with Crippen LogP contribution in [-0.4, -0.2) is 63.6 Å². The van der Waals surface area contributed by atoms with Crippen LogP contribution in [0.4, 0.5) is 4.39 Å². The van der Waals surface area contributed by atoms with Crippen LogP contribution in [0.25, 0.3) is 0 Å². The van der Waals surface area contributed by atoms with Gasteiger partial charge in [0.1, 0.15) is 5.82 Å². The van der Waals surface area contributed by atoms with E-state index in [4.69, 9.17) is 4.74 Å². The van der Waals surface area contributed by atoms with Crippen LogP contribution in [0.3, 0.4) is 0 Å². The van der Waals surface area contributed by atoms with Crippen molar-refractivity contribution in [2.45, 2.75) is 29.9 Å². The summed E-state index contributed by atoms with van der Waals surface area (Å²) < 4.78 is 46.2. The molecular formula is C16H23FN2O3S. The maximum Gasteiger partial charge on any atom is 0.243 e. The third-order valence-corrected chi connectivity index (χ3v) is 6.64. The maximum atomic E-state index is 13.0. The first kappa shape index (κ1) is 16.8. The molecule has 0 spiro atoms. The molecule has 1 heterocycles. The lowest BCUT2D eigenvalue weighted by molar-refractivity contribution is 0.0262. The average Bonchev–Trinajstić information content (AvgIpc) is 3.05. The van der Waals surface area contributed by atoms with E-state index in [9.17, 15) is 12.8 Å². The van der Waals surface area contributed by atoms with Crippen molar-refractivity contribution in [1.82, 2.24) is 9.21 Å². The minimum Gasteiger partial charge on any atom is -0.375 e. The lowest BCUT2D eigenvalue weighted by Gasteiger charge is -2.26. The molecule has 1 saturated carbocycles. The summed E-state index contributed by atoms with van der Waals surface area (Å²) >= 11 is 0. The fraction of sp³-hybridized carbons (Fsp3) is 0.625. The van der Waals surface area contributed by atoms with E-state index in [1.165, 1.54) is 24.3 Å². The van der Waals surface area contributed by atoms with Crippen molar-refractivity contribution in [2.75, 3.05) is 33.8 Å². The van der Waals surface area contributed by atoms with E-state index in [2.05, 4.69) is 0 Å². The van der Waals surface area contributed by atoms with Gasteiger partial charge in [0.2, 0.25) is 10.0 Å². The fourth-order valence-electron chi connectivity index (χ4n) is 3.53. The molecule has 0 N–H and O–H groups in total. The highest BCUT2D eigenvalue weighted by Crippen LogP contribution is 2.42. The first-order valence-electron chi connectivity index (χ1n) is 7.93. The highest BCUT2D eigenvalue weighted by atomic mass is 32.2. The van der Waals surface area contributed by atoms with E-state index in [0.717, 1.165) is 19.4 Å². The zero-order chi connectivity index (χ0) is 16.6. The second-order valence-electron chi connectivity index (χ2n) is 6.57. The van der Waals surface area contributed by atoms with Crippen LogP contribution in [0.5, 0.6) is 0 Å². The van der Waals surface area contributed by atoms with Gasteiger partial charge >= 0.3 is 0 Å². The SMILES string of the molecule is CN(C)CCO[C@H]1[C@H]2CC[C@H]1N(S(=O)(=O)c1ccc(F)cc1)C2. The van der Waals surface area contributed by atoms with Crippen LogP contribution in [0.1, 0.15) is 12.8 Å². The van der Waals surface area contributed by atoms with Gasteiger partial charge in [-0.05, 0) is 51.2 Å². The molecule has 7 heteroatoms. The molecule has 0 aromatic heterocycles. The Kier molecular flexibility index (Phi) is 4.73. The smallest absolute Gasteiger partial charge is 0.243 e. The van der Waals surface area contributed by atoms with Crippen LogP contribution in [0.15, 0.2) is 29.2 Å². The summed E-state index contributed by atoms with van der Waals surface area (Å²) in [6.07, 6.45) is 1.81. The molecule has 0 radical (unpaired) electrons. The Morgan fingerprint density at radius 2 is 1.96 bits per heavy atom. The fourth-order valence-corrected chi connectivity index (χ4v) is 5.25. The van der Waals surface area contributed by atoms with Crippen molar-refractivity contribution in [3.63, 3.8) is 0 Å². The monoisotopic (exact) mass is 342 g/mol. The number of halogens is 1. The molecule has 128 valence electrons. The van der Waals surface area contributed by atoms with E-state index >= 15 is 0 Å². The Balaban J connectivity index is 1.73. The molecule has 1 aliphatic carbocycles. The highest BCUT2D eigenvalue weighted by Gasteiger charge is 2.52. The summed E-state index contributed by atoms with van der Waals surface area (Å²) in [6.45, 7) is 1.92.